The largest absolute Gasteiger partial charge is 0.369 e. The Morgan fingerprint density at radius 2 is 2.43 bits per heavy atom. The minimum Gasteiger partial charge on any atom is -0.369 e. The summed E-state index contributed by atoms with van der Waals surface area (Å²) in [6, 6.07) is 3.85. The number of carbonyl (C=O) groups excluding carboxylic acids is 1. The van der Waals surface area contributed by atoms with E-state index >= 15 is 0 Å². The van der Waals surface area contributed by atoms with Gasteiger partial charge in [-0.2, -0.15) is 5.26 Å². The molecule has 0 aliphatic carbocycles. The number of nitriles is 1. The van der Waals surface area contributed by atoms with Crippen molar-refractivity contribution in [1.82, 2.24) is 20.0 Å². The number of amides is 1. The zero-order chi connectivity index (χ0) is 16.4. The van der Waals surface area contributed by atoms with Crippen LogP contribution in [-0.4, -0.2) is 45.5 Å². The van der Waals surface area contributed by atoms with Gasteiger partial charge < -0.3 is 10.7 Å². The van der Waals surface area contributed by atoms with Crippen LogP contribution >= 0.6 is 0 Å². The Morgan fingerprint density at radius 3 is 3.17 bits per heavy atom. The summed E-state index contributed by atoms with van der Waals surface area (Å²) in [4.78, 5) is 23.4. The van der Waals surface area contributed by atoms with Gasteiger partial charge in [-0.3, -0.25) is 9.80 Å². The zero-order valence-corrected chi connectivity index (χ0v) is 12.9. The molecule has 0 aromatic carbocycles. The first-order valence-corrected chi connectivity index (χ1v) is 7.58. The number of carbonyl (C=O) groups is 1. The van der Waals surface area contributed by atoms with Crippen LogP contribution in [0.3, 0.4) is 0 Å². The molecule has 0 saturated carbocycles. The van der Waals surface area contributed by atoms with Gasteiger partial charge in [0.25, 0.3) is 0 Å². The normalized spacial score (nSPS) is 21.9. The van der Waals surface area contributed by atoms with E-state index in [1.165, 1.54) is 6.33 Å². The Hall–Kier alpha value is -2.66. The van der Waals surface area contributed by atoms with Crippen LogP contribution in [0, 0.1) is 17.2 Å². The number of H-pyrrole nitrogens is 1. The van der Waals surface area contributed by atoms with E-state index in [-0.39, 0.29) is 24.3 Å². The molecule has 1 fully saturated rings. The highest BCUT2D eigenvalue weighted by Gasteiger charge is 2.37. The molecule has 2 atom stereocenters. The lowest BCUT2D eigenvalue weighted by atomic mass is 9.88. The molecule has 8 heteroatoms. The van der Waals surface area contributed by atoms with Crippen molar-refractivity contribution in [2.75, 3.05) is 18.6 Å². The fraction of sp³-hybridized carbons (Fsp3) is 0.467. The fourth-order valence-electron chi connectivity index (χ4n) is 3.32. The van der Waals surface area contributed by atoms with Crippen LogP contribution in [0.5, 0.6) is 0 Å². The predicted molar refractivity (Wildman–Crippen MR) is 84.9 cm³/mol. The number of fused-ring (bicyclic) bond motifs is 1. The molecular weight excluding hydrogens is 294 g/mol. The first kappa shape index (κ1) is 15.2. The molecule has 2 aromatic rings. The first-order valence-electron chi connectivity index (χ1n) is 7.58. The lowest BCUT2D eigenvalue weighted by Crippen LogP contribution is -2.56. The Balaban J connectivity index is 1.96. The molecule has 2 unspecified atom stereocenters. The van der Waals surface area contributed by atoms with E-state index in [9.17, 15) is 4.79 Å². The Kier molecular flexibility index (Phi) is 4.12. The molecule has 3 N–H and O–H groups in total. The summed E-state index contributed by atoms with van der Waals surface area (Å²) in [7, 11) is 1.89. The number of hydrogen-bond donors (Lipinski definition) is 2. The quantitative estimate of drug-likeness (QED) is 0.862. The summed E-state index contributed by atoms with van der Waals surface area (Å²) >= 11 is 0. The van der Waals surface area contributed by atoms with Crippen LogP contribution in [0.2, 0.25) is 0 Å². The van der Waals surface area contributed by atoms with Gasteiger partial charge in [0.15, 0.2) is 5.82 Å². The summed E-state index contributed by atoms with van der Waals surface area (Å²) in [5.41, 5.74) is 6.29. The van der Waals surface area contributed by atoms with Crippen molar-refractivity contribution in [2.45, 2.75) is 25.3 Å². The first-order chi connectivity index (χ1) is 11.1. The second kappa shape index (κ2) is 6.22. The van der Waals surface area contributed by atoms with Gasteiger partial charge in [0.2, 0.25) is 5.91 Å². The summed E-state index contributed by atoms with van der Waals surface area (Å²) in [5.74, 6) is 0.0662. The Labute approximate surface area is 133 Å². The van der Waals surface area contributed by atoms with Gasteiger partial charge in [0.05, 0.1) is 29.8 Å². The molecule has 1 aliphatic rings. The minimum absolute atomic E-state index is 0.236. The van der Waals surface area contributed by atoms with E-state index < -0.39 is 0 Å². The van der Waals surface area contributed by atoms with Crippen molar-refractivity contribution in [3.63, 3.8) is 0 Å². The summed E-state index contributed by atoms with van der Waals surface area (Å²) < 4.78 is 0. The highest BCUT2D eigenvalue weighted by Crippen LogP contribution is 2.30. The highest BCUT2D eigenvalue weighted by atomic mass is 16.1. The van der Waals surface area contributed by atoms with Crippen molar-refractivity contribution in [2.24, 2.45) is 11.7 Å². The third-order valence-corrected chi connectivity index (χ3v) is 4.44. The molecule has 8 nitrogen and oxygen atoms in total. The number of primary amides is 1. The number of hydrazine groups is 1. The number of piperidine rings is 1. The highest BCUT2D eigenvalue weighted by molar-refractivity contribution is 5.87. The van der Waals surface area contributed by atoms with E-state index in [1.807, 2.05) is 29.3 Å². The number of rotatable bonds is 4. The van der Waals surface area contributed by atoms with Crippen LogP contribution in [0.4, 0.5) is 5.82 Å². The van der Waals surface area contributed by atoms with E-state index in [1.54, 1.807) is 0 Å². The smallest absolute Gasteiger partial charge is 0.222 e. The molecule has 0 spiro atoms. The number of anilines is 1. The molecule has 0 bridgehead atoms. The lowest BCUT2D eigenvalue weighted by Gasteiger charge is -2.44. The van der Waals surface area contributed by atoms with Gasteiger partial charge >= 0.3 is 0 Å². The molecule has 1 saturated heterocycles. The van der Waals surface area contributed by atoms with Crippen LogP contribution in [0.15, 0.2) is 18.6 Å². The summed E-state index contributed by atoms with van der Waals surface area (Å²) in [6.07, 6.45) is 5.13. The second-order valence-corrected chi connectivity index (χ2v) is 5.70. The summed E-state index contributed by atoms with van der Waals surface area (Å²) in [6.45, 7) is 0.753. The SMILES string of the molecule is CN(c1ncnc2[nH]ccc12)N1CCCC(C(N)=O)C1CC#N. The third-order valence-electron chi connectivity index (χ3n) is 4.44. The molecular formula is C15H19N7O. The van der Waals surface area contributed by atoms with Crippen LogP contribution in [0.1, 0.15) is 19.3 Å². The van der Waals surface area contributed by atoms with Crippen molar-refractivity contribution >= 4 is 22.8 Å². The molecule has 23 heavy (non-hydrogen) atoms. The molecule has 1 aliphatic heterocycles. The topological polar surface area (TPSA) is 115 Å². The molecule has 3 rings (SSSR count). The van der Waals surface area contributed by atoms with Crippen LogP contribution in [0.25, 0.3) is 11.0 Å². The van der Waals surface area contributed by atoms with Crippen molar-refractivity contribution < 1.29 is 4.79 Å². The van der Waals surface area contributed by atoms with Gasteiger partial charge in [-0.15, -0.1) is 0 Å². The average Bonchev–Trinajstić information content (AvgIpc) is 3.03. The Morgan fingerprint density at radius 1 is 1.61 bits per heavy atom. The van der Waals surface area contributed by atoms with E-state index in [0.717, 1.165) is 36.2 Å². The van der Waals surface area contributed by atoms with Gasteiger partial charge in [-0.1, -0.05) is 0 Å². The average molecular weight is 313 g/mol. The maximum atomic E-state index is 11.8. The summed E-state index contributed by atoms with van der Waals surface area (Å²) in [5, 5.41) is 14.0. The minimum atomic E-state index is -0.349. The van der Waals surface area contributed by atoms with Crippen molar-refractivity contribution in [1.29, 1.82) is 5.26 Å². The number of hydrogen-bond acceptors (Lipinski definition) is 6. The number of nitrogens with two attached hydrogens (primary N) is 1. The van der Waals surface area contributed by atoms with Gasteiger partial charge in [0.1, 0.15) is 12.0 Å². The molecule has 3 heterocycles. The van der Waals surface area contributed by atoms with E-state index in [2.05, 4.69) is 21.0 Å². The molecule has 1 amide bonds. The van der Waals surface area contributed by atoms with Crippen LogP contribution < -0.4 is 10.7 Å². The van der Waals surface area contributed by atoms with Gasteiger partial charge in [-0.05, 0) is 18.9 Å². The predicted octanol–water partition coefficient (Wildman–Crippen LogP) is 0.789. The number of nitrogens with one attached hydrogen (secondary N) is 1. The maximum Gasteiger partial charge on any atom is 0.222 e. The number of aromatic nitrogens is 3. The Bertz CT molecular complexity index is 750. The molecule has 2 aromatic heterocycles. The maximum absolute atomic E-state index is 11.8. The van der Waals surface area contributed by atoms with E-state index in [0.29, 0.717) is 0 Å². The standard InChI is InChI=1S/C15H19N7O/c1-21(15-11-5-7-18-14(11)19-9-20-15)22-8-2-3-10(13(17)23)12(22)4-6-16/h5,7,9-10,12H,2-4,8H2,1H3,(H2,17,23)(H,18,19,20). The van der Waals surface area contributed by atoms with Crippen LogP contribution in [-0.2, 0) is 4.79 Å². The molecule has 0 radical (unpaired) electrons. The fourth-order valence-corrected chi connectivity index (χ4v) is 3.32. The van der Waals surface area contributed by atoms with Gasteiger partial charge in [-0.25, -0.2) is 15.0 Å². The van der Waals surface area contributed by atoms with Gasteiger partial charge in [0, 0.05) is 19.8 Å². The van der Waals surface area contributed by atoms with E-state index in [4.69, 9.17) is 11.0 Å². The monoisotopic (exact) mass is 313 g/mol. The number of nitrogens with zero attached hydrogens (tertiary/aromatic N) is 5. The zero-order valence-electron chi connectivity index (χ0n) is 12.9. The number of aromatic amines is 1. The second-order valence-electron chi connectivity index (χ2n) is 5.70. The third kappa shape index (κ3) is 2.71. The van der Waals surface area contributed by atoms with Crippen molar-refractivity contribution in [3.05, 3.63) is 18.6 Å². The lowest BCUT2D eigenvalue weighted by molar-refractivity contribution is -0.125. The van der Waals surface area contributed by atoms with Crippen molar-refractivity contribution in [3.8, 4) is 6.07 Å². The molecule has 120 valence electrons.